The molecule has 128 valence electrons. The molecule has 0 aliphatic heterocycles. The summed E-state index contributed by atoms with van der Waals surface area (Å²) < 4.78 is 5.70. The summed E-state index contributed by atoms with van der Waals surface area (Å²) in [6, 6.07) is 17.0. The van der Waals surface area contributed by atoms with Crippen LogP contribution in [0.25, 0.3) is 0 Å². The second-order valence-electron chi connectivity index (χ2n) is 6.32. The third kappa shape index (κ3) is 5.57. The van der Waals surface area contributed by atoms with E-state index in [1.807, 2.05) is 30.3 Å². The maximum Gasteiger partial charge on any atom is 0.261 e. The molecule has 0 aromatic heterocycles. The van der Waals surface area contributed by atoms with E-state index in [-0.39, 0.29) is 11.9 Å². The van der Waals surface area contributed by atoms with Crippen molar-refractivity contribution in [3.63, 3.8) is 0 Å². The molecule has 0 saturated carbocycles. The molecule has 0 saturated heterocycles. The average molecular weight is 346 g/mol. The summed E-state index contributed by atoms with van der Waals surface area (Å²) in [5.74, 6) is 0.976. The summed E-state index contributed by atoms with van der Waals surface area (Å²) in [4.78, 5) is 12.5. The standard InChI is InChI=1S/C20H24ClNO2/c1-14(2)13-19(16-7-5-4-6-8-16)22-20(23)15(3)24-18-11-9-17(21)10-12-18/h4-12,14-15,19H,13H2,1-3H3,(H,22,23)/t15-,19+/m1/s1. The zero-order chi connectivity index (χ0) is 17.5. The van der Waals surface area contributed by atoms with E-state index in [1.165, 1.54) is 0 Å². The Balaban J connectivity index is 2.02. The largest absolute Gasteiger partial charge is 0.481 e. The maximum atomic E-state index is 12.5. The van der Waals surface area contributed by atoms with E-state index in [0.29, 0.717) is 16.7 Å². The first kappa shape index (κ1) is 18.3. The van der Waals surface area contributed by atoms with Gasteiger partial charge in [-0.3, -0.25) is 4.79 Å². The number of halogens is 1. The molecule has 0 heterocycles. The van der Waals surface area contributed by atoms with E-state index in [1.54, 1.807) is 31.2 Å². The number of hydrogen-bond acceptors (Lipinski definition) is 2. The Morgan fingerprint density at radius 2 is 1.67 bits per heavy atom. The van der Waals surface area contributed by atoms with E-state index in [2.05, 4.69) is 19.2 Å². The minimum Gasteiger partial charge on any atom is -0.481 e. The van der Waals surface area contributed by atoms with Crippen molar-refractivity contribution in [3.05, 3.63) is 65.2 Å². The molecule has 1 amide bonds. The topological polar surface area (TPSA) is 38.3 Å². The number of amides is 1. The molecule has 0 radical (unpaired) electrons. The van der Waals surface area contributed by atoms with Gasteiger partial charge in [0.25, 0.3) is 5.91 Å². The fraction of sp³-hybridized carbons (Fsp3) is 0.350. The van der Waals surface area contributed by atoms with Gasteiger partial charge in [-0.1, -0.05) is 55.8 Å². The highest BCUT2D eigenvalue weighted by Crippen LogP contribution is 2.22. The van der Waals surface area contributed by atoms with Gasteiger partial charge in [-0.15, -0.1) is 0 Å². The smallest absolute Gasteiger partial charge is 0.261 e. The van der Waals surface area contributed by atoms with Gasteiger partial charge in [0.2, 0.25) is 0 Å². The first-order valence-electron chi connectivity index (χ1n) is 8.23. The van der Waals surface area contributed by atoms with Crippen LogP contribution in [-0.2, 0) is 4.79 Å². The van der Waals surface area contributed by atoms with E-state index in [9.17, 15) is 4.79 Å². The first-order chi connectivity index (χ1) is 11.5. The summed E-state index contributed by atoms with van der Waals surface area (Å²) in [6.07, 6.45) is 0.299. The molecule has 0 fully saturated rings. The second-order valence-corrected chi connectivity index (χ2v) is 6.75. The van der Waals surface area contributed by atoms with Gasteiger partial charge in [0.1, 0.15) is 5.75 Å². The van der Waals surface area contributed by atoms with Gasteiger partial charge in [0.15, 0.2) is 6.10 Å². The molecule has 2 aromatic carbocycles. The lowest BCUT2D eigenvalue weighted by Crippen LogP contribution is -2.39. The van der Waals surface area contributed by atoms with Crippen molar-refractivity contribution >= 4 is 17.5 Å². The summed E-state index contributed by atoms with van der Waals surface area (Å²) in [5.41, 5.74) is 1.11. The van der Waals surface area contributed by atoms with Crippen LogP contribution in [-0.4, -0.2) is 12.0 Å². The van der Waals surface area contributed by atoms with Crippen molar-refractivity contribution in [2.24, 2.45) is 5.92 Å². The fourth-order valence-corrected chi connectivity index (χ4v) is 2.62. The predicted octanol–water partition coefficient (Wildman–Crippen LogP) is 5.01. The van der Waals surface area contributed by atoms with E-state index in [4.69, 9.17) is 16.3 Å². The van der Waals surface area contributed by atoms with Crippen LogP contribution >= 0.6 is 11.6 Å². The monoisotopic (exact) mass is 345 g/mol. The van der Waals surface area contributed by atoms with Gasteiger partial charge in [-0.25, -0.2) is 0 Å². The summed E-state index contributed by atoms with van der Waals surface area (Å²) in [5, 5.41) is 3.75. The molecule has 2 atom stereocenters. The molecule has 24 heavy (non-hydrogen) atoms. The van der Waals surface area contributed by atoms with Crippen LogP contribution in [0.2, 0.25) is 5.02 Å². The van der Waals surface area contributed by atoms with Gasteiger partial charge >= 0.3 is 0 Å². The normalized spacial score (nSPS) is 13.4. The third-order valence-corrected chi connectivity index (χ3v) is 3.97. The van der Waals surface area contributed by atoms with E-state index >= 15 is 0 Å². The van der Waals surface area contributed by atoms with Crippen LogP contribution in [0.1, 0.15) is 38.8 Å². The predicted molar refractivity (Wildman–Crippen MR) is 98.3 cm³/mol. The lowest BCUT2D eigenvalue weighted by molar-refractivity contribution is -0.128. The van der Waals surface area contributed by atoms with Gasteiger partial charge in [-0.2, -0.15) is 0 Å². The second kappa shape index (κ2) is 8.74. The van der Waals surface area contributed by atoms with Crippen molar-refractivity contribution in [2.45, 2.75) is 39.3 Å². The number of nitrogens with one attached hydrogen (secondary N) is 1. The fourth-order valence-electron chi connectivity index (χ4n) is 2.49. The molecule has 0 bridgehead atoms. The van der Waals surface area contributed by atoms with Crippen molar-refractivity contribution < 1.29 is 9.53 Å². The molecule has 2 rings (SSSR count). The van der Waals surface area contributed by atoms with Crippen LogP contribution in [0, 0.1) is 5.92 Å². The van der Waals surface area contributed by atoms with Crippen LogP contribution in [0.4, 0.5) is 0 Å². The first-order valence-corrected chi connectivity index (χ1v) is 8.61. The number of benzene rings is 2. The van der Waals surface area contributed by atoms with Crippen molar-refractivity contribution in [3.8, 4) is 5.75 Å². The van der Waals surface area contributed by atoms with Crippen LogP contribution in [0.3, 0.4) is 0 Å². The molecule has 3 nitrogen and oxygen atoms in total. The molecule has 0 aliphatic rings. The Hall–Kier alpha value is -2.00. The molecule has 0 unspecified atom stereocenters. The summed E-state index contributed by atoms with van der Waals surface area (Å²) in [6.45, 7) is 6.05. The Morgan fingerprint density at radius 3 is 2.25 bits per heavy atom. The van der Waals surface area contributed by atoms with Gasteiger partial charge in [-0.05, 0) is 49.1 Å². The highest BCUT2D eigenvalue weighted by Gasteiger charge is 2.21. The summed E-state index contributed by atoms with van der Waals surface area (Å²) >= 11 is 5.86. The number of carbonyl (C=O) groups is 1. The number of ether oxygens (including phenoxy) is 1. The van der Waals surface area contributed by atoms with Crippen molar-refractivity contribution in [1.82, 2.24) is 5.32 Å². The SMILES string of the molecule is CC(C)C[C@H](NC(=O)[C@@H](C)Oc1ccc(Cl)cc1)c1ccccc1. The van der Waals surface area contributed by atoms with Crippen LogP contribution in [0.5, 0.6) is 5.75 Å². The molecular weight excluding hydrogens is 322 g/mol. The average Bonchev–Trinajstić information content (AvgIpc) is 2.56. The zero-order valence-electron chi connectivity index (χ0n) is 14.3. The highest BCUT2D eigenvalue weighted by molar-refractivity contribution is 6.30. The van der Waals surface area contributed by atoms with Gasteiger partial charge < -0.3 is 10.1 Å². The Morgan fingerprint density at radius 1 is 1.04 bits per heavy atom. The number of hydrogen-bond donors (Lipinski definition) is 1. The quantitative estimate of drug-likeness (QED) is 0.765. The Labute approximate surface area is 149 Å². The van der Waals surface area contributed by atoms with Gasteiger partial charge in [0, 0.05) is 5.02 Å². The maximum absolute atomic E-state index is 12.5. The number of rotatable bonds is 7. The Bertz CT molecular complexity index is 640. The van der Waals surface area contributed by atoms with E-state index < -0.39 is 6.10 Å². The molecule has 4 heteroatoms. The third-order valence-electron chi connectivity index (χ3n) is 3.72. The molecule has 0 spiro atoms. The van der Waals surface area contributed by atoms with Crippen LogP contribution in [0.15, 0.2) is 54.6 Å². The zero-order valence-corrected chi connectivity index (χ0v) is 15.1. The van der Waals surface area contributed by atoms with Gasteiger partial charge in [0.05, 0.1) is 6.04 Å². The minimum absolute atomic E-state index is 0.0185. The molecule has 2 aromatic rings. The molecular formula is C20H24ClNO2. The van der Waals surface area contributed by atoms with Crippen molar-refractivity contribution in [1.29, 1.82) is 0 Å². The Kier molecular flexibility index (Phi) is 6.68. The van der Waals surface area contributed by atoms with E-state index in [0.717, 1.165) is 12.0 Å². The minimum atomic E-state index is -0.579. The lowest BCUT2D eigenvalue weighted by atomic mass is 9.97. The van der Waals surface area contributed by atoms with Crippen LogP contribution < -0.4 is 10.1 Å². The molecule has 1 N–H and O–H groups in total. The van der Waals surface area contributed by atoms with Crippen molar-refractivity contribution in [2.75, 3.05) is 0 Å². The highest BCUT2D eigenvalue weighted by atomic mass is 35.5. The lowest BCUT2D eigenvalue weighted by Gasteiger charge is -2.23. The number of carbonyl (C=O) groups excluding carboxylic acids is 1. The molecule has 0 aliphatic carbocycles. The summed E-state index contributed by atoms with van der Waals surface area (Å²) in [7, 11) is 0.